The number of ether oxygens (including phenoxy) is 2. The Bertz CT molecular complexity index is 387. The van der Waals surface area contributed by atoms with Crippen LogP contribution in [-0.2, 0) is 14.3 Å². The molecule has 134 valence electrons. The quantitative estimate of drug-likeness (QED) is 0.345. The molecule has 0 radical (unpaired) electrons. The van der Waals surface area contributed by atoms with Gasteiger partial charge in [-0.3, -0.25) is 9.79 Å². The van der Waals surface area contributed by atoms with Crippen LogP contribution in [0, 0.1) is 0 Å². The zero-order chi connectivity index (χ0) is 17.7. The molecule has 0 saturated carbocycles. The second-order valence-corrected chi connectivity index (χ2v) is 6.49. The topological polar surface area (TPSA) is 99.9 Å². The average molecular weight is 327 g/mol. The Kier molecular flexibility index (Phi) is 11.1. The number of nitrogens with zero attached hydrogens (tertiary/aromatic N) is 1. The van der Waals surface area contributed by atoms with E-state index in [0.29, 0.717) is 25.3 Å². The summed E-state index contributed by atoms with van der Waals surface area (Å²) in [7, 11) is 0. The monoisotopic (exact) mass is 327 g/mol. The van der Waals surface area contributed by atoms with Gasteiger partial charge in [-0.05, 0) is 40.0 Å². The number of allylic oxidation sites excluding steroid dienone is 1. The van der Waals surface area contributed by atoms with Crippen molar-refractivity contribution < 1.29 is 14.3 Å². The normalized spacial score (nSPS) is 14.2. The number of carbonyl (C=O) groups is 1. The SMILES string of the molecule is CCCOC(CCCCC(=O)OC(C)(C)C)CN=CC(N)=CN. The van der Waals surface area contributed by atoms with Crippen molar-refractivity contribution in [2.75, 3.05) is 13.2 Å². The van der Waals surface area contributed by atoms with Crippen LogP contribution in [0.4, 0.5) is 0 Å². The molecule has 0 aromatic rings. The summed E-state index contributed by atoms with van der Waals surface area (Å²) in [6, 6.07) is 0. The predicted octanol–water partition coefficient (Wildman–Crippen LogP) is 2.51. The number of carbonyl (C=O) groups excluding carboxylic acids is 1. The van der Waals surface area contributed by atoms with Gasteiger partial charge in [0.1, 0.15) is 5.60 Å². The van der Waals surface area contributed by atoms with Crippen molar-refractivity contribution in [3.63, 3.8) is 0 Å². The van der Waals surface area contributed by atoms with Crippen molar-refractivity contribution in [3.8, 4) is 0 Å². The van der Waals surface area contributed by atoms with Gasteiger partial charge in [-0.15, -0.1) is 0 Å². The molecule has 6 nitrogen and oxygen atoms in total. The minimum absolute atomic E-state index is 0.0374. The van der Waals surface area contributed by atoms with E-state index >= 15 is 0 Å². The zero-order valence-electron chi connectivity index (χ0n) is 15.0. The second kappa shape index (κ2) is 11.9. The number of nitrogens with two attached hydrogens (primary N) is 2. The lowest BCUT2D eigenvalue weighted by atomic mass is 10.1. The molecular formula is C17H33N3O3. The number of unbranched alkanes of at least 4 members (excludes halogenated alkanes) is 1. The summed E-state index contributed by atoms with van der Waals surface area (Å²) >= 11 is 0. The molecule has 0 spiro atoms. The third-order valence-electron chi connectivity index (χ3n) is 2.88. The van der Waals surface area contributed by atoms with Gasteiger partial charge in [-0.1, -0.05) is 13.3 Å². The van der Waals surface area contributed by atoms with Crippen molar-refractivity contribution in [2.24, 2.45) is 16.5 Å². The van der Waals surface area contributed by atoms with Crippen LogP contribution in [0.5, 0.6) is 0 Å². The van der Waals surface area contributed by atoms with E-state index in [9.17, 15) is 4.79 Å². The summed E-state index contributed by atoms with van der Waals surface area (Å²) in [5.74, 6) is -0.151. The van der Waals surface area contributed by atoms with E-state index in [1.807, 2.05) is 20.8 Å². The van der Waals surface area contributed by atoms with Crippen molar-refractivity contribution in [1.82, 2.24) is 0 Å². The van der Waals surface area contributed by atoms with E-state index in [4.69, 9.17) is 20.9 Å². The maximum atomic E-state index is 11.6. The first-order chi connectivity index (χ1) is 10.8. The maximum Gasteiger partial charge on any atom is 0.306 e. The first-order valence-corrected chi connectivity index (χ1v) is 8.29. The van der Waals surface area contributed by atoms with Crippen molar-refractivity contribution >= 4 is 12.2 Å². The highest BCUT2D eigenvalue weighted by Gasteiger charge is 2.16. The highest BCUT2D eigenvalue weighted by Crippen LogP contribution is 2.12. The molecule has 0 aromatic carbocycles. The third-order valence-corrected chi connectivity index (χ3v) is 2.88. The summed E-state index contributed by atoms with van der Waals surface area (Å²) < 4.78 is 11.1. The highest BCUT2D eigenvalue weighted by molar-refractivity contribution is 5.76. The molecule has 0 bridgehead atoms. The first-order valence-electron chi connectivity index (χ1n) is 8.29. The summed E-state index contributed by atoms with van der Waals surface area (Å²) in [5, 5.41) is 0. The lowest BCUT2D eigenvalue weighted by Gasteiger charge is -2.19. The van der Waals surface area contributed by atoms with Crippen LogP contribution in [0.3, 0.4) is 0 Å². The molecule has 1 unspecified atom stereocenters. The van der Waals surface area contributed by atoms with Gasteiger partial charge in [0.2, 0.25) is 0 Å². The van der Waals surface area contributed by atoms with E-state index in [2.05, 4.69) is 11.9 Å². The molecular weight excluding hydrogens is 294 g/mol. The summed E-state index contributed by atoms with van der Waals surface area (Å²) in [4.78, 5) is 15.9. The second-order valence-electron chi connectivity index (χ2n) is 6.49. The van der Waals surface area contributed by atoms with Gasteiger partial charge in [-0.25, -0.2) is 0 Å². The van der Waals surface area contributed by atoms with Gasteiger partial charge in [0, 0.05) is 25.4 Å². The molecule has 0 aromatic heterocycles. The molecule has 4 N–H and O–H groups in total. The van der Waals surface area contributed by atoms with Crippen LogP contribution < -0.4 is 11.5 Å². The molecule has 23 heavy (non-hydrogen) atoms. The van der Waals surface area contributed by atoms with Crippen LogP contribution in [0.1, 0.15) is 59.8 Å². The average Bonchev–Trinajstić information content (AvgIpc) is 2.46. The van der Waals surface area contributed by atoms with E-state index in [0.717, 1.165) is 25.7 Å². The Morgan fingerprint density at radius 2 is 2.00 bits per heavy atom. The van der Waals surface area contributed by atoms with Crippen molar-refractivity contribution in [3.05, 3.63) is 11.9 Å². The minimum Gasteiger partial charge on any atom is -0.460 e. The molecule has 0 fully saturated rings. The van der Waals surface area contributed by atoms with E-state index in [1.54, 1.807) is 6.21 Å². The van der Waals surface area contributed by atoms with Gasteiger partial charge in [-0.2, -0.15) is 0 Å². The van der Waals surface area contributed by atoms with E-state index < -0.39 is 5.60 Å². The Balaban J connectivity index is 4.09. The number of esters is 1. The van der Waals surface area contributed by atoms with Crippen molar-refractivity contribution in [1.29, 1.82) is 0 Å². The Labute approximate surface area is 140 Å². The van der Waals surface area contributed by atoms with Gasteiger partial charge in [0.15, 0.2) is 0 Å². The molecule has 1 atom stereocenters. The fourth-order valence-corrected chi connectivity index (χ4v) is 1.86. The van der Waals surface area contributed by atoms with Gasteiger partial charge >= 0.3 is 5.97 Å². The lowest BCUT2D eigenvalue weighted by Crippen LogP contribution is -2.23. The Hall–Kier alpha value is -1.56. The number of rotatable bonds is 11. The fraction of sp³-hybridized carbons (Fsp3) is 0.765. The molecule has 0 saturated heterocycles. The fourth-order valence-electron chi connectivity index (χ4n) is 1.86. The molecule has 0 aliphatic rings. The summed E-state index contributed by atoms with van der Waals surface area (Å²) in [6.07, 6.45) is 6.82. The van der Waals surface area contributed by atoms with Gasteiger partial charge < -0.3 is 20.9 Å². The van der Waals surface area contributed by atoms with Crippen LogP contribution >= 0.6 is 0 Å². The summed E-state index contributed by atoms with van der Waals surface area (Å²) in [6.45, 7) is 8.93. The molecule has 0 rings (SSSR count). The largest absolute Gasteiger partial charge is 0.460 e. The molecule has 0 heterocycles. The summed E-state index contributed by atoms with van der Waals surface area (Å²) in [5.41, 5.74) is 10.9. The Morgan fingerprint density at radius 3 is 2.57 bits per heavy atom. The van der Waals surface area contributed by atoms with Gasteiger partial charge in [0.05, 0.1) is 18.3 Å². The van der Waals surface area contributed by atoms with Gasteiger partial charge in [0.25, 0.3) is 0 Å². The molecule has 0 amide bonds. The van der Waals surface area contributed by atoms with Crippen LogP contribution in [0.25, 0.3) is 0 Å². The molecule has 0 aliphatic heterocycles. The zero-order valence-corrected chi connectivity index (χ0v) is 15.0. The molecule has 0 aliphatic carbocycles. The van der Waals surface area contributed by atoms with Crippen LogP contribution in [0.2, 0.25) is 0 Å². The van der Waals surface area contributed by atoms with Crippen molar-refractivity contribution in [2.45, 2.75) is 71.5 Å². The third kappa shape index (κ3) is 13.8. The smallest absolute Gasteiger partial charge is 0.306 e. The minimum atomic E-state index is -0.422. The van der Waals surface area contributed by atoms with Crippen LogP contribution in [-0.4, -0.2) is 37.0 Å². The Morgan fingerprint density at radius 1 is 1.30 bits per heavy atom. The van der Waals surface area contributed by atoms with E-state index in [1.165, 1.54) is 6.20 Å². The predicted molar refractivity (Wildman–Crippen MR) is 94.2 cm³/mol. The first kappa shape index (κ1) is 21.4. The standard InChI is InChI=1S/C17H33N3O3/c1-5-10-22-15(13-20-12-14(19)11-18)8-6-7-9-16(21)23-17(2,3)4/h11-12,15H,5-10,13,18-19H2,1-4H3. The highest BCUT2D eigenvalue weighted by atomic mass is 16.6. The number of aliphatic imine (C=N–C) groups is 1. The number of hydrogen-bond acceptors (Lipinski definition) is 6. The van der Waals surface area contributed by atoms with Crippen LogP contribution in [0.15, 0.2) is 16.9 Å². The van der Waals surface area contributed by atoms with E-state index in [-0.39, 0.29) is 12.1 Å². The maximum absolute atomic E-state index is 11.6. The number of hydrogen-bond donors (Lipinski definition) is 2. The lowest BCUT2D eigenvalue weighted by molar-refractivity contribution is -0.154. The molecule has 6 heteroatoms.